The summed E-state index contributed by atoms with van der Waals surface area (Å²) < 4.78 is 37.6. The van der Waals surface area contributed by atoms with Gasteiger partial charge < -0.3 is 10.2 Å². The molecule has 146 valence electrons. The number of benzene rings is 2. The van der Waals surface area contributed by atoms with Gasteiger partial charge in [-0.3, -0.25) is 9.59 Å². The van der Waals surface area contributed by atoms with Crippen LogP contribution < -0.4 is 10.2 Å². The van der Waals surface area contributed by atoms with Crippen LogP contribution in [0.5, 0.6) is 0 Å². The second-order valence-corrected chi connectivity index (χ2v) is 6.49. The summed E-state index contributed by atoms with van der Waals surface area (Å²) >= 11 is 0. The number of hydrogen-bond acceptors (Lipinski definition) is 2. The molecule has 2 aromatic carbocycles. The molecule has 0 aromatic heterocycles. The molecule has 7 heteroatoms. The lowest BCUT2D eigenvalue weighted by Gasteiger charge is -2.15. The van der Waals surface area contributed by atoms with Crippen LogP contribution in [-0.4, -0.2) is 18.4 Å². The molecule has 28 heavy (non-hydrogen) atoms. The van der Waals surface area contributed by atoms with Crippen molar-refractivity contribution in [3.05, 3.63) is 71.3 Å². The van der Waals surface area contributed by atoms with Crippen molar-refractivity contribution in [3.63, 3.8) is 0 Å². The van der Waals surface area contributed by atoms with Crippen molar-refractivity contribution in [2.75, 3.05) is 11.4 Å². The number of nitrogens with one attached hydrogen (secondary N) is 1. The Morgan fingerprint density at radius 3 is 2.32 bits per heavy atom. The summed E-state index contributed by atoms with van der Waals surface area (Å²) in [6.07, 6.45) is -0.209. The van der Waals surface area contributed by atoms with Gasteiger partial charge in [-0.2, -0.15) is 13.2 Å². The van der Waals surface area contributed by atoms with Crippen LogP contribution in [0, 0.1) is 0 Å². The number of rotatable bonds is 5. The second-order valence-electron chi connectivity index (χ2n) is 6.49. The molecule has 1 N–H and O–H groups in total. The van der Waals surface area contributed by atoms with Crippen molar-refractivity contribution in [3.8, 4) is 0 Å². The van der Waals surface area contributed by atoms with Gasteiger partial charge in [0, 0.05) is 31.3 Å². The lowest BCUT2D eigenvalue weighted by molar-refractivity contribution is -0.137. The van der Waals surface area contributed by atoms with Gasteiger partial charge in [0.05, 0.1) is 5.56 Å². The maximum Gasteiger partial charge on any atom is 0.416 e. The second kappa shape index (κ2) is 8.29. The van der Waals surface area contributed by atoms with E-state index in [4.69, 9.17) is 0 Å². The van der Waals surface area contributed by atoms with Crippen molar-refractivity contribution in [2.24, 2.45) is 0 Å². The Hall–Kier alpha value is -3.09. The molecule has 4 nitrogen and oxygen atoms in total. The van der Waals surface area contributed by atoms with E-state index in [0.29, 0.717) is 18.5 Å². The zero-order valence-electron chi connectivity index (χ0n) is 15.0. The van der Waals surface area contributed by atoms with Crippen molar-refractivity contribution in [1.82, 2.24) is 5.32 Å². The molecule has 1 heterocycles. The Balaban J connectivity index is 1.51. The van der Waals surface area contributed by atoms with Crippen LogP contribution in [0.1, 0.15) is 29.5 Å². The number of amides is 2. The van der Waals surface area contributed by atoms with E-state index in [0.717, 1.165) is 36.3 Å². The van der Waals surface area contributed by atoms with Crippen LogP contribution >= 0.6 is 0 Å². The lowest BCUT2D eigenvalue weighted by Crippen LogP contribution is -2.23. The first-order valence-corrected chi connectivity index (χ1v) is 8.85. The molecule has 0 spiro atoms. The Bertz CT molecular complexity index is 872. The van der Waals surface area contributed by atoms with Crippen LogP contribution in [0.4, 0.5) is 18.9 Å². The minimum atomic E-state index is -4.38. The van der Waals surface area contributed by atoms with E-state index in [2.05, 4.69) is 5.32 Å². The van der Waals surface area contributed by atoms with Crippen molar-refractivity contribution in [1.29, 1.82) is 0 Å². The van der Waals surface area contributed by atoms with E-state index < -0.39 is 11.7 Å². The number of halogens is 3. The topological polar surface area (TPSA) is 49.4 Å². The molecule has 0 radical (unpaired) electrons. The zero-order valence-corrected chi connectivity index (χ0v) is 15.0. The SMILES string of the molecule is O=C(/C=C/c1ccc(C(F)(F)F)cc1)NCc1ccc(N2CCCC2=O)cc1. The highest BCUT2D eigenvalue weighted by Crippen LogP contribution is 2.29. The summed E-state index contributed by atoms with van der Waals surface area (Å²) in [5.41, 5.74) is 1.50. The summed E-state index contributed by atoms with van der Waals surface area (Å²) in [4.78, 5) is 25.4. The molecule has 1 saturated heterocycles. The number of nitrogens with zero attached hydrogens (tertiary/aromatic N) is 1. The minimum Gasteiger partial charge on any atom is -0.348 e. The maximum atomic E-state index is 12.5. The predicted octanol–water partition coefficient (Wildman–Crippen LogP) is 4.16. The van der Waals surface area contributed by atoms with Gasteiger partial charge in [-0.25, -0.2) is 0 Å². The molecule has 0 unspecified atom stereocenters. The van der Waals surface area contributed by atoms with Crippen molar-refractivity contribution < 1.29 is 22.8 Å². The molecule has 2 aromatic rings. The molecule has 0 atom stereocenters. The third-order valence-electron chi connectivity index (χ3n) is 4.45. The number of alkyl halides is 3. The average Bonchev–Trinajstić information content (AvgIpc) is 3.10. The minimum absolute atomic E-state index is 0.120. The molecule has 0 saturated carbocycles. The van der Waals surface area contributed by atoms with Gasteiger partial charge in [0.25, 0.3) is 0 Å². The average molecular weight is 388 g/mol. The van der Waals surface area contributed by atoms with E-state index in [9.17, 15) is 22.8 Å². The Kier molecular flexibility index (Phi) is 5.82. The fourth-order valence-corrected chi connectivity index (χ4v) is 2.92. The Morgan fingerprint density at radius 1 is 1.07 bits per heavy atom. The molecular weight excluding hydrogens is 369 g/mol. The Labute approximate surface area is 160 Å². The molecule has 2 amide bonds. The molecule has 0 aliphatic carbocycles. The van der Waals surface area contributed by atoms with Gasteiger partial charge in [-0.1, -0.05) is 24.3 Å². The highest BCUT2D eigenvalue weighted by Gasteiger charge is 2.29. The van der Waals surface area contributed by atoms with Crippen LogP contribution in [0.25, 0.3) is 6.08 Å². The first-order chi connectivity index (χ1) is 13.3. The van der Waals surface area contributed by atoms with Crippen molar-refractivity contribution >= 4 is 23.6 Å². The summed E-state index contributed by atoms with van der Waals surface area (Å²) in [6, 6.07) is 12.0. The number of carbonyl (C=O) groups is 2. The number of hydrogen-bond donors (Lipinski definition) is 1. The smallest absolute Gasteiger partial charge is 0.348 e. The van der Waals surface area contributed by atoms with Crippen LogP contribution in [0.3, 0.4) is 0 Å². The number of anilines is 1. The van der Waals surface area contributed by atoms with E-state index in [1.807, 2.05) is 24.3 Å². The highest BCUT2D eigenvalue weighted by molar-refractivity contribution is 5.95. The normalized spacial score (nSPS) is 14.7. The maximum absolute atomic E-state index is 12.5. The summed E-state index contributed by atoms with van der Waals surface area (Å²) in [6.45, 7) is 1.04. The zero-order chi connectivity index (χ0) is 20.1. The van der Waals surface area contributed by atoms with Gasteiger partial charge in [0.15, 0.2) is 0 Å². The fraction of sp³-hybridized carbons (Fsp3) is 0.238. The Morgan fingerprint density at radius 2 is 1.75 bits per heavy atom. The molecule has 1 aliphatic rings. The van der Waals surface area contributed by atoms with E-state index in [1.54, 1.807) is 4.90 Å². The van der Waals surface area contributed by atoms with Gasteiger partial charge in [0.1, 0.15) is 0 Å². The first-order valence-electron chi connectivity index (χ1n) is 8.85. The highest BCUT2D eigenvalue weighted by atomic mass is 19.4. The quantitative estimate of drug-likeness (QED) is 0.782. The molecule has 1 aliphatic heterocycles. The summed E-state index contributed by atoms with van der Waals surface area (Å²) in [5.74, 6) is -0.229. The van der Waals surface area contributed by atoms with Gasteiger partial charge in [-0.05, 0) is 47.9 Å². The van der Waals surface area contributed by atoms with Gasteiger partial charge in [0.2, 0.25) is 11.8 Å². The third-order valence-corrected chi connectivity index (χ3v) is 4.45. The first kappa shape index (κ1) is 19.7. The summed E-state index contributed by atoms with van der Waals surface area (Å²) in [7, 11) is 0. The van der Waals surface area contributed by atoms with Crippen molar-refractivity contribution in [2.45, 2.75) is 25.6 Å². The third kappa shape index (κ3) is 5.00. The van der Waals surface area contributed by atoms with Gasteiger partial charge >= 0.3 is 6.18 Å². The van der Waals surface area contributed by atoms with Crippen LogP contribution in [0.2, 0.25) is 0 Å². The van der Waals surface area contributed by atoms with Crippen LogP contribution in [-0.2, 0) is 22.3 Å². The molecular formula is C21H19F3N2O2. The van der Waals surface area contributed by atoms with E-state index in [1.165, 1.54) is 24.3 Å². The lowest BCUT2D eigenvalue weighted by atomic mass is 10.1. The van der Waals surface area contributed by atoms with E-state index >= 15 is 0 Å². The molecule has 0 bridgehead atoms. The number of carbonyl (C=O) groups excluding carboxylic acids is 2. The fourth-order valence-electron chi connectivity index (χ4n) is 2.92. The molecule has 1 fully saturated rings. The largest absolute Gasteiger partial charge is 0.416 e. The van der Waals surface area contributed by atoms with Crippen LogP contribution in [0.15, 0.2) is 54.6 Å². The summed E-state index contributed by atoms with van der Waals surface area (Å²) in [5, 5.41) is 2.72. The monoisotopic (exact) mass is 388 g/mol. The van der Waals surface area contributed by atoms with Gasteiger partial charge in [-0.15, -0.1) is 0 Å². The predicted molar refractivity (Wildman–Crippen MR) is 100 cm³/mol. The van der Waals surface area contributed by atoms with E-state index in [-0.39, 0.29) is 11.8 Å². The standard InChI is InChI=1S/C21H19F3N2O2/c22-21(23,24)17-8-3-15(4-9-17)7-12-19(27)25-14-16-5-10-18(11-6-16)26-13-1-2-20(26)28/h3-12H,1-2,13-14H2,(H,25,27)/b12-7+. The molecule has 3 rings (SSSR count).